The molecule has 90 heavy (non-hydrogen) atoms. The van der Waals surface area contributed by atoms with Crippen LogP contribution in [-0.4, -0.2) is 363 Å². The van der Waals surface area contributed by atoms with Gasteiger partial charge in [-0.15, -0.1) is 0 Å². The lowest BCUT2D eigenvalue weighted by molar-refractivity contribution is -0.394. The molecule has 0 aromatic rings. The standard InChI is InChI=1S/C51H86N4O35/c1-14-26(52-15(2)62)36(73)41(23(11-60)80-14)87-48-29(55-18(5)65)37(74)42(24(12-61)84-48)88-49-40(77)43(89-51-45(39(76)33(70)22(10-59)83-51)90-47-28(54-17(4)64)35(72)31(68)20(8-57)81-47)34(71)25(85-49)13-79-50-44(38(75)32(69)21(9-58)82-50)86-46(78)27(53-16(3)63)30(67)19(66)6-7-56/h14,19-26,28-29,31-51,56-61,66-78H,6-13H2,1-5H3,(H,52,62)(H,53,63)(H,54,64)(H,55,65)/b30-27-/t14-,19+,20?,21?,22?,23?,24?,25?,26?,28?,29?,31+,32+,33+,34+,35?,36?,37?,38?,39?,40?,41+,42+,43?,44?,45?,46-,47-,48-,49-,50-,51+/m0/s1. The normalized spacial score (nSPS) is 43.5. The number of hydrogen-bond acceptors (Lipinski definition) is 35. The SMILES string of the molecule is CC(=O)N/C(=C(\O)[C@H](O)CCO)[C@@H](O)OC1C(O)[C@H](O)C(CO)O[C@@H]1OCC1O[C@@H](O[C@@H]2C(CO)O[C@@H](O[C@@H]3C(CO)O[C@@H](C)C(NC(C)=O)C3O)C(NC(C)=O)C2O)C(O)C(O[C@H]2OC(CO)[C@@H](O)C(O)C2O[C@@H]2OC(CO)[C@@H](O)C(O)C2NC(C)=O)[C@@H]1O. The van der Waals surface area contributed by atoms with E-state index in [1.54, 1.807) is 0 Å². The van der Waals surface area contributed by atoms with Crippen molar-refractivity contribution in [2.75, 3.05) is 46.2 Å². The first-order valence-electron chi connectivity index (χ1n) is 28.6. The second-order valence-electron chi connectivity index (χ2n) is 22.3. The minimum atomic E-state index is -2.56. The fourth-order valence-electron chi connectivity index (χ4n) is 11.1. The largest absolute Gasteiger partial charge is 0.508 e. The third kappa shape index (κ3) is 17.6. The molecule has 6 saturated heterocycles. The van der Waals surface area contributed by atoms with Crippen LogP contribution in [-0.2, 0) is 76.0 Å². The van der Waals surface area contributed by atoms with Crippen molar-refractivity contribution in [3.05, 3.63) is 11.5 Å². The minimum Gasteiger partial charge on any atom is -0.508 e. The van der Waals surface area contributed by atoms with Crippen LogP contribution in [0, 0.1) is 0 Å². The first-order valence-corrected chi connectivity index (χ1v) is 28.6. The third-order valence-corrected chi connectivity index (χ3v) is 15.7. The predicted octanol–water partition coefficient (Wildman–Crippen LogP) is -13.6. The molecule has 39 heteroatoms. The molecule has 6 rings (SSSR count). The molecule has 0 aliphatic carbocycles. The van der Waals surface area contributed by atoms with Gasteiger partial charge < -0.3 is 175 Å². The van der Waals surface area contributed by atoms with Gasteiger partial charge in [-0.1, -0.05) is 0 Å². The van der Waals surface area contributed by atoms with E-state index in [1.807, 2.05) is 5.32 Å². The Kier molecular flexibility index (Phi) is 28.1. The summed E-state index contributed by atoms with van der Waals surface area (Å²) < 4.78 is 70.9. The molecule has 39 nitrogen and oxygen atoms in total. The van der Waals surface area contributed by atoms with Gasteiger partial charge in [0.2, 0.25) is 29.9 Å². The summed E-state index contributed by atoms with van der Waals surface area (Å²) in [6, 6.07) is -4.68. The van der Waals surface area contributed by atoms with Gasteiger partial charge in [0.1, 0.15) is 158 Å². The number of aliphatic hydroxyl groups is 19. The smallest absolute Gasteiger partial charge is 0.221 e. The van der Waals surface area contributed by atoms with Gasteiger partial charge in [0, 0.05) is 40.7 Å². The Hall–Kier alpha value is -3.78. The zero-order valence-corrected chi connectivity index (χ0v) is 49.2. The van der Waals surface area contributed by atoms with Gasteiger partial charge in [0.05, 0.1) is 51.8 Å². The van der Waals surface area contributed by atoms with E-state index in [0.29, 0.717) is 0 Å². The molecule has 0 spiro atoms. The summed E-state index contributed by atoms with van der Waals surface area (Å²) in [6.07, 6.45) is -58.3. The van der Waals surface area contributed by atoms with Gasteiger partial charge in [0.15, 0.2) is 31.5 Å². The van der Waals surface area contributed by atoms with E-state index >= 15 is 0 Å². The van der Waals surface area contributed by atoms with Gasteiger partial charge in [-0.25, -0.2) is 0 Å². The Morgan fingerprint density at radius 3 is 1.34 bits per heavy atom. The maximum Gasteiger partial charge on any atom is 0.221 e. The quantitative estimate of drug-likeness (QED) is 0.0282. The molecule has 6 aliphatic rings. The summed E-state index contributed by atoms with van der Waals surface area (Å²) in [7, 11) is 0. The summed E-state index contributed by atoms with van der Waals surface area (Å²) in [5, 5.41) is 218. The molecule has 0 aromatic heterocycles. The van der Waals surface area contributed by atoms with Gasteiger partial charge in [0.25, 0.3) is 0 Å². The van der Waals surface area contributed by atoms with Crippen molar-refractivity contribution in [2.45, 2.75) is 237 Å². The summed E-state index contributed by atoms with van der Waals surface area (Å²) in [5.41, 5.74) is -0.946. The molecule has 0 bridgehead atoms. The third-order valence-electron chi connectivity index (χ3n) is 15.7. The molecule has 0 aromatic carbocycles. The van der Waals surface area contributed by atoms with Crippen LogP contribution in [0.1, 0.15) is 41.0 Å². The van der Waals surface area contributed by atoms with Gasteiger partial charge in [-0.2, -0.15) is 0 Å². The Morgan fingerprint density at radius 1 is 0.422 bits per heavy atom. The average molecular weight is 1320 g/mol. The molecule has 4 amide bonds. The van der Waals surface area contributed by atoms with Crippen LogP contribution in [0.5, 0.6) is 0 Å². The number of carbonyl (C=O) groups excluding carboxylic acids is 4. The van der Waals surface area contributed by atoms with E-state index in [4.69, 9.17) is 56.8 Å². The van der Waals surface area contributed by atoms with Crippen LogP contribution in [0.4, 0.5) is 0 Å². The Bertz CT molecular complexity index is 2340. The number of aliphatic hydroxyl groups excluding tert-OH is 19. The lowest BCUT2D eigenvalue weighted by atomic mass is 9.92. The second kappa shape index (κ2) is 33.6. The Morgan fingerprint density at radius 2 is 0.833 bits per heavy atom. The van der Waals surface area contributed by atoms with E-state index in [2.05, 4.69) is 16.0 Å². The fraction of sp³-hybridized carbons (Fsp3) is 0.882. The van der Waals surface area contributed by atoms with Crippen LogP contribution >= 0.6 is 0 Å². The molecule has 6 fully saturated rings. The van der Waals surface area contributed by atoms with E-state index < -0.39 is 284 Å². The highest BCUT2D eigenvalue weighted by atomic mass is 16.8. The maximum atomic E-state index is 12.8. The number of nitrogens with one attached hydrogen (secondary N) is 4. The van der Waals surface area contributed by atoms with E-state index in [0.717, 1.165) is 27.7 Å². The average Bonchev–Trinajstić information content (AvgIpc) is 0.991. The molecular formula is C51H86N4O35. The fourth-order valence-corrected chi connectivity index (χ4v) is 11.1. The van der Waals surface area contributed by atoms with E-state index in [9.17, 15) is 116 Å². The lowest BCUT2D eigenvalue weighted by Gasteiger charge is -2.51. The second-order valence-corrected chi connectivity index (χ2v) is 22.3. The van der Waals surface area contributed by atoms with Crippen molar-refractivity contribution in [2.24, 2.45) is 0 Å². The Labute approximate surface area is 512 Å². The molecule has 23 N–H and O–H groups in total. The topological polar surface area (TPSA) is 612 Å². The maximum absolute atomic E-state index is 12.8. The van der Waals surface area contributed by atoms with Crippen molar-refractivity contribution in [1.82, 2.24) is 21.3 Å². The van der Waals surface area contributed by atoms with Crippen molar-refractivity contribution in [1.29, 1.82) is 0 Å². The van der Waals surface area contributed by atoms with Crippen molar-refractivity contribution >= 4 is 23.6 Å². The zero-order chi connectivity index (χ0) is 66.9. The highest BCUT2D eigenvalue weighted by Crippen LogP contribution is 2.37. The summed E-state index contributed by atoms with van der Waals surface area (Å²) in [4.78, 5) is 49.5. The molecule has 6 aliphatic heterocycles. The van der Waals surface area contributed by atoms with E-state index in [1.165, 1.54) is 6.92 Å². The van der Waals surface area contributed by atoms with Gasteiger partial charge >= 0.3 is 0 Å². The van der Waals surface area contributed by atoms with Gasteiger partial charge in [-0.05, 0) is 6.92 Å². The number of ether oxygens (including phenoxy) is 12. The van der Waals surface area contributed by atoms with Gasteiger partial charge in [-0.3, -0.25) is 19.2 Å². The highest BCUT2D eigenvalue weighted by Gasteiger charge is 2.58. The molecule has 0 saturated carbocycles. The first-order chi connectivity index (χ1) is 42.5. The van der Waals surface area contributed by atoms with Crippen LogP contribution in [0.15, 0.2) is 11.5 Å². The Balaban J connectivity index is 1.39. The number of carbonyl (C=O) groups is 4. The van der Waals surface area contributed by atoms with Crippen molar-refractivity contribution in [3.8, 4) is 0 Å². The number of rotatable bonds is 26. The number of hydrogen-bond donors (Lipinski definition) is 23. The van der Waals surface area contributed by atoms with Crippen molar-refractivity contribution in [3.63, 3.8) is 0 Å². The van der Waals surface area contributed by atoms with Crippen LogP contribution < -0.4 is 21.3 Å². The molecule has 18 unspecified atom stereocenters. The molecule has 520 valence electrons. The zero-order valence-electron chi connectivity index (χ0n) is 49.2. The summed E-state index contributed by atoms with van der Waals surface area (Å²) in [6.45, 7) is -1.29. The molecular weight excluding hydrogens is 1230 g/mol. The predicted molar refractivity (Wildman–Crippen MR) is 283 cm³/mol. The first kappa shape index (κ1) is 75.3. The van der Waals surface area contributed by atoms with Crippen LogP contribution in [0.3, 0.4) is 0 Å². The molecule has 6 heterocycles. The summed E-state index contributed by atoms with van der Waals surface area (Å²) in [5.74, 6) is -4.40. The highest BCUT2D eigenvalue weighted by molar-refractivity contribution is 5.75. The van der Waals surface area contributed by atoms with Crippen LogP contribution in [0.25, 0.3) is 0 Å². The lowest BCUT2D eigenvalue weighted by Crippen LogP contribution is -2.70. The molecule has 32 atom stereocenters. The van der Waals surface area contributed by atoms with Crippen LogP contribution in [0.2, 0.25) is 0 Å². The minimum absolute atomic E-state index is 0.542. The number of amides is 4. The summed E-state index contributed by atoms with van der Waals surface area (Å²) >= 11 is 0. The molecule has 0 radical (unpaired) electrons. The monoisotopic (exact) mass is 1310 g/mol. The van der Waals surface area contributed by atoms with E-state index in [-0.39, 0.29) is 0 Å². The van der Waals surface area contributed by atoms with Crippen molar-refractivity contribution < 1.29 is 173 Å².